The smallest absolute Gasteiger partial charge is 0.259 e. The maximum Gasteiger partial charge on any atom is 0.259 e. The van der Waals surface area contributed by atoms with Gasteiger partial charge in [0.05, 0.1) is 29.5 Å². The molecule has 0 bridgehead atoms. The molecule has 1 rings (SSSR count). The number of halogens is 3. The first kappa shape index (κ1) is 12.5. The van der Waals surface area contributed by atoms with Crippen LogP contribution in [0.5, 0.6) is 0 Å². The number of ether oxygens (including phenoxy) is 1. The van der Waals surface area contributed by atoms with Gasteiger partial charge in [0, 0.05) is 7.11 Å². The lowest BCUT2D eigenvalue weighted by atomic mass is 10.2. The highest BCUT2D eigenvalue weighted by molar-refractivity contribution is 9.10. The summed E-state index contributed by atoms with van der Waals surface area (Å²) in [5, 5.41) is 3.93. The van der Waals surface area contributed by atoms with Crippen LogP contribution in [0.2, 0.25) is 0 Å². The molecule has 0 fully saturated rings. The zero-order valence-electron chi connectivity index (χ0n) is 8.16. The molecule has 0 saturated heterocycles. The molecule has 0 aromatic carbocycles. The lowest BCUT2D eigenvalue weighted by Crippen LogP contribution is -2.24. The van der Waals surface area contributed by atoms with Crippen molar-refractivity contribution in [2.75, 3.05) is 13.7 Å². The molecule has 0 radical (unpaired) electrons. The largest absolute Gasteiger partial charge is 0.383 e. The number of hydrogen-bond donors (Lipinski definition) is 1. The van der Waals surface area contributed by atoms with Crippen LogP contribution in [0.3, 0.4) is 0 Å². The van der Waals surface area contributed by atoms with Gasteiger partial charge >= 0.3 is 0 Å². The molecular weight excluding hydrogens is 272 g/mol. The Bertz CT molecular complexity index is 319. The zero-order valence-corrected chi connectivity index (χ0v) is 9.75. The lowest BCUT2D eigenvalue weighted by molar-refractivity contribution is 0.110. The molecule has 0 spiro atoms. The minimum absolute atomic E-state index is 0.294. The van der Waals surface area contributed by atoms with E-state index < -0.39 is 12.5 Å². The molecule has 0 aliphatic heterocycles. The van der Waals surface area contributed by atoms with E-state index in [0.29, 0.717) is 23.3 Å². The summed E-state index contributed by atoms with van der Waals surface area (Å²) in [7, 11) is 1.53. The molecule has 2 N–H and O–H groups in total. The average molecular weight is 284 g/mol. The molecule has 86 valence electrons. The SMILES string of the molecule is COCCn1ncc(Br)c1C(N)C(F)F. The quantitative estimate of drug-likeness (QED) is 0.892. The van der Waals surface area contributed by atoms with Crippen LogP contribution in [0.15, 0.2) is 10.7 Å². The standard InChI is InChI=1S/C8H12BrF2N3O/c1-15-3-2-14-7(5(9)4-13-14)6(12)8(10)11/h4,6,8H,2-3,12H2,1H3. The molecular formula is C8H12BrF2N3O. The van der Waals surface area contributed by atoms with E-state index in [9.17, 15) is 8.78 Å². The van der Waals surface area contributed by atoms with Crippen molar-refractivity contribution in [3.8, 4) is 0 Å². The highest BCUT2D eigenvalue weighted by Gasteiger charge is 2.24. The number of hydrogen-bond acceptors (Lipinski definition) is 3. The van der Waals surface area contributed by atoms with E-state index in [1.165, 1.54) is 18.0 Å². The maximum absolute atomic E-state index is 12.5. The Labute approximate surface area is 94.5 Å². The van der Waals surface area contributed by atoms with E-state index >= 15 is 0 Å². The number of rotatable bonds is 5. The summed E-state index contributed by atoms with van der Waals surface area (Å²) in [6, 6.07) is -1.33. The molecule has 0 aliphatic carbocycles. The van der Waals surface area contributed by atoms with E-state index in [1.54, 1.807) is 0 Å². The summed E-state index contributed by atoms with van der Waals surface area (Å²) in [4.78, 5) is 0. The minimum atomic E-state index is -2.61. The van der Waals surface area contributed by atoms with Gasteiger partial charge in [-0.25, -0.2) is 8.78 Å². The second-order valence-corrected chi connectivity index (χ2v) is 3.81. The van der Waals surface area contributed by atoms with Crippen LogP contribution >= 0.6 is 15.9 Å². The Balaban J connectivity index is 2.88. The number of alkyl halides is 2. The van der Waals surface area contributed by atoms with Gasteiger partial charge in [0.1, 0.15) is 6.04 Å². The first-order valence-electron chi connectivity index (χ1n) is 4.31. The van der Waals surface area contributed by atoms with Crippen molar-refractivity contribution in [1.29, 1.82) is 0 Å². The maximum atomic E-state index is 12.5. The van der Waals surface area contributed by atoms with Crippen LogP contribution < -0.4 is 5.73 Å². The fourth-order valence-corrected chi connectivity index (χ4v) is 1.74. The van der Waals surface area contributed by atoms with Crippen LogP contribution in [-0.4, -0.2) is 29.9 Å². The van der Waals surface area contributed by atoms with Crippen LogP contribution in [0.1, 0.15) is 11.7 Å². The van der Waals surface area contributed by atoms with Crippen molar-refractivity contribution in [3.63, 3.8) is 0 Å². The normalized spacial score (nSPS) is 13.5. The monoisotopic (exact) mass is 283 g/mol. The van der Waals surface area contributed by atoms with Gasteiger partial charge in [-0.3, -0.25) is 4.68 Å². The summed E-state index contributed by atoms with van der Waals surface area (Å²) >= 11 is 3.14. The van der Waals surface area contributed by atoms with Crippen LogP contribution in [-0.2, 0) is 11.3 Å². The Morgan fingerprint density at radius 3 is 2.87 bits per heavy atom. The fourth-order valence-electron chi connectivity index (χ4n) is 1.18. The summed E-state index contributed by atoms with van der Waals surface area (Å²) in [5.41, 5.74) is 5.67. The van der Waals surface area contributed by atoms with Crippen molar-refractivity contribution in [2.24, 2.45) is 5.73 Å². The van der Waals surface area contributed by atoms with E-state index in [-0.39, 0.29) is 0 Å². The molecule has 1 aromatic heterocycles. The lowest BCUT2D eigenvalue weighted by Gasteiger charge is -2.13. The molecule has 4 nitrogen and oxygen atoms in total. The average Bonchev–Trinajstić information content (AvgIpc) is 2.55. The summed E-state index contributed by atoms with van der Waals surface area (Å²) in [5.74, 6) is 0. The third-order valence-corrected chi connectivity index (χ3v) is 2.54. The van der Waals surface area contributed by atoms with Crippen LogP contribution in [0, 0.1) is 0 Å². The van der Waals surface area contributed by atoms with Crippen molar-refractivity contribution >= 4 is 15.9 Å². The third-order valence-electron chi connectivity index (χ3n) is 1.93. The molecule has 0 aliphatic rings. The van der Waals surface area contributed by atoms with E-state index in [2.05, 4.69) is 21.0 Å². The van der Waals surface area contributed by atoms with Crippen LogP contribution in [0.25, 0.3) is 0 Å². The van der Waals surface area contributed by atoms with E-state index in [1.807, 2.05) is 0 Å². The Morgan fingerprint density at radius 2 is 2.33 bits per heavy atom. The van der Waals surface area contributed by atoms with Gasteiger partial charge in [0.2, 0.25) is 0 Å². The van der Waals surface area contributed by atoms with Gasteiger partial charge in [0.25, 0.3) is 6.43 Å². The third kappa shape index (κ3) is 2.96. The molecule has 7 heteroatoms. The van der Waals surface area contributed by atoms with Crippen molar-refractivity contribution < 1.29 is 13.5 Å². The molecule has 15 heavy (non-hydrogen) atoms. The highest BCUT2D eigenvalue weighted by atomic mass is 79.9. The molecule has 0 amide bonds. The summed E-state index contributed by atoms with van der Waals surface area (Å²) < 4.78 is 31.7. The second kappa shape index (κ2) is 5.53. The van der Waals surface area contributed by atoms with E-state index in [0.717, 1.165) is 0 Å². The van der Waals surface area contributed by atoms with Crippen molar-refractivity contribution in [1.82, 2.24) is 9.78 Å². The predicted octanol–water partition coefficient (Wildman–Crippen LogP) is 1.56. The van der Waals surface area contributed by atoms with E-state index in [4.69, 9.17) is 10.5 Å². The fraction of sp³-hybridized carbons (Fsp3) is 0.625. The van der Waals surface area contributed by atoms with Gasteiger partial charge in [-0.05, 0) is 15.9 Å². The van der Waals surface area contributed by atoms with Gasteiger partial charge in [0.15, 0.2) is 0 Å². The van der Waals surface area contributed by atoms with Gasteiger partial charge < -0.3 is 10.5 Å². The first-order chi connectivity index (χ1) is 7.07. The first-order valence-corrected chi connectivity index (χ1v) is 5.11. The predicted molar refractivity (Wildman–Crippen MR) is 54.7 cm³/mol. The Kier molecular flexibility index (Phi) is 4.62. The summed E-state index contributed by atoms with van der Waals surface area (Å²) in [6.07, 6.45) is -1.16. The topological polar surface area (TPSA) is 53.1 Å². The summed E-state index contributed by atoms with van der Waals surface area (Å²) in [6.45, 7) is 0.801. The minimum Gasteiger partial charge on any atom is -0.383 e. The number of nitrogens with two attached hydrogens (primary N) is 1. The Hall–Kier alpha value is -0.530. The van der Waals surface area contributed by atoms with Crippen LogP contribution in [0.4, 0.5) is 8.78 Å². The molecule has 0 saturated carbocycles. The second-order valence-electron chi connectivity index (χ2n) is 2.95. The van der Waals surface area contributed by atoms with Crippen molar-refractivity contribution in [3.05, 3.63) is 16.4 Å². The number of aromatic nitrogens is 2. The highest BCUT2D eigenvalue weighted by Crippen LogP contribution is 2.25. The number of nitrogens with zero attached hydrogens (tertiary/aromatic N) is 2. The molecule has 1 heterocycles. The number of methoxy groups -OCH3 is 1. The molecule has 1 atom stereocenters. The zero-order chi connectivity index (χ0) is 11.4. The van der Waals surface area contributed by atoms with Gasteiger partial charge in [-0.1, -0.05) is 0 Å². The molecule has 1 aromatic rings. The van der Waals surface area contributed by atoms with Crippen molar-refractivity contribution in [2.45, 2.75) is 19.0 Å². The molecule has 1 unspecified atom stereocenters. The van der Waals surface area contributed by atoms with Gasteiger partial charge in [-0.15, -0.1) is 0 Å². The Morgan fingerprint density at radius 1 is 1.67 bits per heavy atom. The van der Waals surface area contributed by atoms with Gasteiger partial charge in [-0.2, -0.15) is 5.10 Å².